The van der Waals surface area contributed by atoms with Crippen molar-refractivity contribution >= 4 is 5.97 Å². The summed E-state index contributed by atoms with van der Waals surface area (Å²) in [6.45, 7) is 1.94. The number of methoxy groups -OCH3 is 2. The molecule has 4 nitrogen and oxygen atoms in total. The van der Waals surface area contributed by atoms with E-state index in [1.165, 1.54) is 19.6 Å². The van der Waals surface area contributed by atoms with E-state index in [2.05, 4.69) is 0 Å². The Morgan fingerprint density at radius 1 is 1.22 bits per heavy atom. The van der Waals surface area contributed by atoms with Gasteiger partial charge in [-0.15, -0.1) is 0 Å². The van der Waals surface area contributed by atoms with Crippen LogP contribution in [0.4, 0.5) is 0 Å². The fraction of sp³-hybridized carbons (Fsp3) is 0.214. The Labute approximate surface area is 105 Å². The van der Waals surface area contributed by atoms with Crippen molar-refractivity contribution in [3.63, 3.8) is 0 Å². The first-order valence-corrected chi connectivity index (χ1v) is 5.47. The van der Waals surface area contributed by atoms with Crippen LogP contribution in [-0.4, -0.2) is 20.2 Å². The second kappa shape index (κ2) is 4.96. The molecule has 4 heteroatoms. The molecule has 2 rings (SSSR count). The summed E-state index contributed by atoms with van der Waals surface area (Å²) in [5.41, 5.74) is 3.02. The molecule has 0 saturated carbocycles. The second-order valence-corrected chi connectivity index (χ2v) is 3.88. The quantitative estimate of drug-likeness (QED) is 0.781. The lowest BCUT2D eigenvalue weighted by molar-refractivity contribution is 0.0600. The third-order valence-electron chi connectivity index (χ3n) is 2.77. The number of hydrogen-bond acceptors (Lipinski definition) is 4. The van der Waals surface area contributed by atoms with Gasteiger partial charge in [0, 0.05) is 5.56 Å². The molecule has 0 N–H and O–H groups in total. The standard InChI is InChI=1S/C14H14O4/c1-9-6-10(4-5-13(9)16-2)11-7-18-8-12(11)14(15)17-3/h4-8H,1-3H3. The third-order valence-corrected chi connectivity index (χ3v) is 2.77. The molecule has 2 aromatic rings. The van der Waals surface area contributed by atoms with Gasteiger partial charge in [-0.05, 0) is 30.2 Å². The molecule has 0 unspecified atom stereocenters. The van der Waals surface area contributed by atoms with E-state index >= 15 is 0 Å². The zero-order valence-electron chi connectivity index (χ0n) is 10.5. The summed E-state index contributed by atoms with van der Waals surface area (Å²) in [6, 6.07) is 5.68. The number of benzene rings is 1. The topological polar surface area (TPSA) is 48.7 Å². The maximum Gasteiger partial charge on any atom is 0.341 e. The summed E-state index contributed by atoms with van der Waals surface area (Å²) in [5.74, 6) is 0.397. The number of hydrogen-bond donors (Lipinski definition) is 0. The van der Waals surface area contributed by atoms with Crippen LogP contribution in [0.1, 0.15) is 15.9 Å². The average molecular weight is 246 g/mol. The van der Waals surface area contributed by atoms with Crippen LogP contribution in [0.3, 0.4) is 0 Å². The maximum absolute atomic E-state index is 11.6. The highest BCUT2D eigenvalue weighted by atomic mass is 16.5. The van der Waals surface area contributed by atoms with Crippen molar-refractivity contribution in [1.29, 1.82) is 0 Å². The average Bonchev–Trinajstić information content (AvgIpc) is 2.86. The lowest BCUT2D eigenvalue weighted by Crippen LogP contribution is -2.01. The van der Waals surface area contributed by atoms with Gasteiger partial charge < -0.3 is 13.9 Å². The molecule has 0 saturated heterocycles. The van der Waals surface area contributed by atoms with Crippen molar-refractivity contribution in [2.24, 2.45) is 0 Å². The molecule has 1 aromatic carbocycles. The highest BCUT2D eigenvalue weighted by molar-refractivity contribution is 5.96. The zero-order chi connectivity index (χ0) is 13.1. The molecule has 0 amide bonds. The molecule has 0 radical (unpaired) electrons. The van der Waals surface area contributed by atoms with Crippen LogP contribution in [0.2, 0.25) is 0 Å². The number of aryl methyl sites for hydroxylation is 1. The first-order valence-electron chi connectivity index (χ1n) is 5.47. The molecule has 0 fully saturated rings. The minimum absolute atomic E-state index is 0.410. The molecule has 0 bridgehead atoms. The molecular weight excluding hydrogens is 232 g/mol. The van der Waals surface area contributed by atoms with Crippen molar-refractivity contribution in [2.75, 3.05) is 14.2 Å². The zero-order valence-corrected chi connectivity index (χ0v) is 10.5. The van der Waals surface area contributed by atoms with Gasteiger partial charge in [-0.2, -0.15) is 0 Å². The molecule has 1 aromatic heterocycles. The van der Waals surface area contributed by atoms with Crippen molar-refractivity contribution in [3.8, 4) is 16.9 Å². The maximum atomic E-state index is 11.6. The lowest BCUT2D eigenvalue weighted by atomic mass is 10.0. The van der Waals surface area contributed by atoms with Crippen LogP contribution in [0.25, 0.3) is 11.1 Å². The van der Waals surface area contributed by atoms with E-state index in [-0.39, 0.29) is 0 Å². The number of esters is 1. The summed E-state index contributed by atoms with van der Waals surface area (Å²) in [6.07, 6.45) is 2.92. The van der Waals surface area contributed by atoms with E-state index in [1.54, 1.807) is 7.11 Å². The molecule has 0 spiro atoms. The Bertz CT molecular complexity index is 569. The molecule has 18 heavy (non-hydrogen) atoms. The Morgan fingerprint density at radius 3 is 2.61 bits per heavy atom. The molecule has 0 aliphatic heterocycles. The van der Waals surface area contributed by atoms with Gasteiger partial charge in [-0.3, -0.25) is 0 Å². The first-order chi connectivity index (χ1) is 8.67. The van der Waals surface area contributed by atoms with E-state index in [9.17, 15) is 4.79 Å². The highest BCUT2D eigenvalue weighted by Crippen LogP contribution is 2.29. The predicted molar refractivity (Wildman–Crippen MR) is 66.8 cm³/mol. The minimum Gasteiger partial charge on any atom is -0.496 e. The molecule has 1 heterocycles. The molecule has 0 atom stereocenters. The van der Waals surface area contributed by atoms with Gasteiger partial charge in [0.25, 0.3) is 0 Å². The fourth-order valence-corrected chi connectivity index (χ4v) is 1.83. The van der Waals surface area contributed by atoms with E-state index in [0.29, 0.717) is 11.1 Å². The number of carbonyl (C=O) groups is 1. The lowest BCUT2D eigenvalue weighted by Gasteiger charge is -2.07. The van der Waals surface area contributed by atoms with Gasteiger partial charge in [0.05, 0.1) is 20.5 Å². The van der Waals surface area contributed by atoms with Crippen LogP contribution < -0.4 is 4.74 Å². The molecular formula is C14H14O4. The van der Waals surface area contributed by atoms with Gasteiger partial charge in [-0.1, -0.05) is 6.07 Å². The highest BCUT2D eigenvalue weighted by Gasteiger charge is 2.16. The van der Waals surface area contributed by atoms with Crippen molar-refractivity contribution in [1.82, 2.24) is 0 Å². The van der Waals surface area contributed by atoms with Crippen molar-refractivity contribution in [3.05, 3.63) is 41.9 Å². The number of rotatable bonds is 3. The van der Waals surface area contributed by atoms with Gasteiger partial charge in [0.15, 0.2) is 0 Å². The van der Waals surface area contributed by atoms with E-state index in [0.717, 1.165) is 16.9 Å². The van der Waals surface area contributed by atoms with Gasteiger partial charge in [0.1, 0.15) is 17.6 Å². The largest absolute Gasteiger partial charge is 0.496 e. The summed E-state index contributed by atoms with van der Waals surface area (Å²) >= 11 is 0. The van der Waals surface area contributed by atoms with Gasteiger partial charge in [0.2, 0.25) is 0 Å². The SMILES string of the molecule is COC(=O)c1cocc1-c1ccc(OC)c(C)c1. The predicted octanol–water partition coefficient (Wildman–Crippen LogP) is 3.05. The van der Waals surface area contributed by atoms with Crippen LogP contribution >= 0.6 is 0 Å². The van der Waals surface area contributed by atoms with Crippen LogP contribution in [0.5, 0.6) is 5.75 Å². The van der Waals surface area contributed by atoms with E-state index < -0.39 is 5.97 Å². The second-order valence-electron chi connectivity index (χ2n) is 3.88. The van der Waals surface area contributed by atoms with Crippen LogP contribution in [0, 0.1) is 6.92 Å². The number of furan rings is 1. The summed E-state index contributed by atoms with van der Waals surface area (Å²) < 4.78 is 15.0. The van der Waals surface area contributed by atoms with Crippen molar-refractivity contribution < 1.29 is 18.7 Å². The summed E-state index contributed by atoms with van der Waals surface area (Å²) in [5, 5.41) is 0. The number of carbonyl (C=O) groups excluding carboxylic acids is 1. The van der Waals surface area contributed by atoms with E-state index in [1.807, 2.05) is 25.1 Å². The summed E-state index contributed by atoms with van der Waals surface area (Å²) in [4.78, 5) is 11.6. The molecule has 0 aliphatic rings. The number of ether oxygens (including phenoxy) is 2. The molecule has 0 aliphatic carbocycles. The molecule has 94 valence electrons. The monoisotopic (exact) mass is 246 g/mol. The third kappa shape index (κ3) is 2.09. The van der Waals surface area contributed by atoms with E-state index in [4.69, 9.17) is 13.9 Å². The Hall–Kier alpha value is -2.23. The van der Waals surface area contributed by atoms with Gasteiger partial charge in [-0.25, -0.2) is 4.79 Å². The Morgan fingerprint density at radius 2 is 2.00 bits per heavy atom. The first kappa shape index (κ1) is 12.2. The Kier molecular flexibility index (Phi) is 3.37. The van der Waals surface area contributed by atoms with Crippen LogP contribution in [-0.2, 0) is 4.74 Å². The minimum atomic E-state index is -0.410. The normalized spacial score (nSPS) is 10.2. The van der Waals surface area contributed by atoms with Crippen molar-refractivity contribution in [2.45, 2.75) is 6.92 Å². The summed E-state index contributed by atoms with van der Waals surface area (Å²) in [7, 11) is 2.97. The van der Waals surface area contributed by atoms with Gasteiger partial charge >= 0.3 is 5.97 Å². The fourth-order valence-electron chi connectivity index (χ4n) is 1.83. The smallest absolute Gasteiger partial charge is 0.341 e. The Balaban J connectivity index is 2.46. The van der Waals surface area contributed by atoms with Crippen LogP contribution in [0.15, 0.2) is 35.1 Å².